The molecule has 1 saturated carbocycles. The van der Waals surface area contributed by atoms with Crippen LogP contribution in [0.25, 0.3) is 0 Å². The minimum atomic E-state index is 0.0504. The summed E-state index contributed by atoms with van der Waals surface area (Å²) in [5.74, 6) is 0.849. The van der Waals surface area contributed by atoms with Crippen molar-refractivity contribution in [3.05, 3.63) is 35.9 Å². The number of carbonyl (C=O) groups is 1. The second-order valence-electron chi connectivity index (χ2n) is 5.99. The van der Waals surface area contributed by atoms with Gasteiger partial charge in [0.05, 0.1) is 0 Å². The Kier molecular flexibility index (Phi) is 7.43. The number of nitrogens with one attached hydrogen (secondary N) is 3. The number of nitrogens with zero attached hydrogens (tertiary/aromatic N) is 1. The summed E-state index contributed by atoms with van der Waals surface area (Å²) in [6, 6.07) is 10.5. The van der Waals surface area contributed by atoms with Crippen molar-refractivity contribution in [3.8, 4) is 0 Å². The van der Waals surface area contributed by atoms with E-state index < -0.39 is 0 Å². The van der Waals surface area contributed by atoms with Crippen LogP contribution in [0.5, 0.6) is 0 Å². The molecule has 126 valence electrons. The first kappa shape index (κ1) is 17.3. The number of hydrogen-bond acceptors (Lipinski definition) is 2. The summed E-state index contributed by atoms with van der Waals surface area (Å²) in [5.41, 5.74) is 1.11. The van der Waals surface area contributed by atoms with E-state index in [1.807, 2.05) is 30.3 Å². The Morgan fingerprint density at radius 2 is 1.87 bits per heavy atom. The second kappa shape index (κ2) is 9.87. The van der Waals surface area contributed by atoms with Gasteiger partial charge in [-0.3, -0.25) is 9.79 Å². The third-order valence-corrected chi connectivity index (χ3v) is 4.15. The smallest absolute Gasteiger partial charge is 0.222 e. The van der Waals surface area contributed by atoms with Gasteiger partial charge in [0.1, 0.15) is 0 Å². The van der Waals surface area contributed by atoms with Crippen LogP contribution in [0.2, 0.25) is 0 Å². The Bertz CT molecular complexity index is 495. The lowest BCUT2D eigenvalue weighted by molar-refractivity contribution is -0.121. The summed E-state index contributed by atoms with van der Waals surface area (Å²) in [6.07, 6.45) is 6.77. The molecule has 0 atom stereocenters. The largest absolute Gasteiger partial charge is 0.356 e. The fraction of sp³-hybridized carbons (Fsp3) is 0.556. The zero-order valence-electron chi connectivity index (χ0n) is 14.0. The van der Waals surface area contributed by atoms with E-state index in [0.29, 0.717) is 25.6 Å². The third kappa shape index (κ3) is 6.72. The number of carbonyl (C=O) groups excluding carboxylic acids is 1. The molecular weight excluding hydrogens is 288 g/mol. The van der Waals surface area contributed by atoms with E-state index in [-0.39, 0.29) is 5.91 Å². The van der Waals surface area contributed by atoms with Crippen LogP contribution in [0.4, 0.5) is 0 Å². The quantitative estimate of drug-likeness (QED) is 0.557. The Balaban J connectivity index is 1.61. The van der Waals surface area contributed by atoms with Crippen molar-refractivity contribution in [2.24, 2.45) is 4.99 Å². The predicted molar refractivity (Wildman–Crippen MR) is 94.3 cm³/mol. The summed E-state index contributed by atoms with van der Waals surface area (Å²) in [7, 11) is 1.77. The highest BCUT2D eigenvalue weighted by atomic mass is 16.1. The molecule has 5 nitrogen and oxygen atoms in total. The van der Waals surface area contributed by atoms with Gasteiger partial charge in [-0.15, -0.1) is 0 Å². The van der Waals surface area contributed by atoms with Gasteiger partial charge >= 0.3 is 0 Å². The molecule has 0 aromatic heterocycles. The molecule has 0 radical (unpaired) electrons. The molecule has 0 aliphatic heterocycles. The lowest BCUT2D eigenvalue weighted by Crippen LogP contribution is -2.45. The highest BCUT2D eigenvalue weighted by molar-refractivity contribution is 5.81. The second-order valence-corrected chi connectivity index (χ2v) is 5.99. The molecule has 1 aromatic carbocycles. The molecule has 1 aromatic rings. The van der Waals surface area contributed by atoms with Gasteiger partial charge in [-0.1, -0.05) is 49.6 Å². The fourth-order valence-corrected chi connectivity index (χ4v) is 2.81. The van der Waals surface area contributed by atoms with Crippen LogP contribution in [-0.4, -0.2) is 31.5 Å². The maximum Gasteiger partial charge on any atom is 0.222 e. The standard InChI is InChI=1S/C18H28N4O/c1-19-18(22-16-10-6-3-7-11-16)20-13-12-17(23)21-14-15-8-4-2-5-9-15/h2,4-5,8-9,16H,3,6-7,10-14H2,1H3,(H,21,23)(H2,19,20,22). The van der Waals surface area contributed by atoms with Crippen LogP contribution in [0.3, 0.4) is 0 Å². The van der Waals surface area contributed by atoms with E-state index in [4.69, 9.17) is 0 Å². The minimum Gasteiger partial charge on any atom is -0.356 e. The summed E-state index contributed by atoms with van der Waals surface area (Å²) in [6.45, 7) is 1.17. The molecule has 0 unspecified atom stereocenters. The van der Waals surface area contributed by atoms with Crippen molar-refractivity contribution in [2.75, 3.05) is 13.6 Å². The average molecular weight is 316 g/mol. The molecule has 0 bridgehead atoms. The summed E-state index contributed by atoms with van der Waals surface area (Å²) in [5, 5.41) is 9.60. The Labute approximate surface area is 139 Å². The zero-order valence-corrected chi connectivity index (χ0v) is 14.0. The molecule has 0 heterocycles. The Morgan fingerprint density at radius 1 is 1.13 bits per heavy atom. The van der Waals surface area contributed by atoms with Gasteiger partial charge in [0, 0.05) is 32.6 Å². The van der Waals surface area contributed by atoms with Crippen molar-refractivity contribution >= 4 is 11.9 Å². The number of aliphatic imine (C=N–C) groups is 1. The number of guanidine groups is 1. The first-order valence-electron chi connectivity index (χ1n) is 8.56. The summed E-state index contributed by atoms with van der Waals surface area (Å²) >= 11 is 0. The zero-order chi connectivity index (χ0) is 16.3. The first-order valence-corrected chi connectivity index (χ1v) is 8.56. The molecule has 1 amide bonds. The van der Waals surface area contributed by atoms with Crippen molar-refractivity contribution in [1.82, 2.24) is 16.0 Å². The normalized spacial score (nSPS) is 16.0. The molecule has 1 aliphatic carbocycles. The minimum absolute atomic E-state index is 0.0504. The van der Waals surface area contributed by atoms with Crippen LogP contribution >= 0.6 is 0 Å². The van der Waals surface area contributed by atoms with Crippen molar-refractivity contribution in [3.63, 3.8) is 0 Å². The molecule has 0 saturated heterocycles. The fourth-order valence-electron chi connectivity index (χ4n) is 2.81. The van der Waals surface area contributed by atoms with E-state index in [0.717, 1.165) is 11.5 Å². The molecule has 0 spiro atoms. The maximum atomic E-state index is 11.9. The Morgan fingerprint density at radius 3 is 2.57 bits per heavy atom. The summed E-state index contributed by atoms with van der Waals surface area (Å²) in [4.78, 5) is 16.1. The van der Waals surface area contributed by atoms with Crippen LogP contribution in [0.1, 0.15) is 44.1 Å². The van der Waals surface area contributed by atoms with Crippen molar-refractivity contribution < 1.29 is 4.79 Å². The number of rotatable bonds is 6. The van der Waals surface area contributed by atoms with Gasteiger partial charge in [-0.25, -0.2) is 0 Å². The number of benzene rings is 1. The predicted octanol–water partition coefficient (Wildman–Crippen LogP) is 2.19. The van der Waals surface area contributed by atoms with E-state index >= 15 is 0 Å². The monoisotopic (exact) mass is 316 g/mol. The molecule has 3 N–H and O–H groups in total. The molecule has 2 rings (SSSR count). The topological polar surface area (TPSA) is 65.5 Å². The van der Waals surface area contributed by atoms with Crippen LogP contribution in [0, 0.1) is 0 Å². The van der Waals surface area contributed by atoms with E-state index in [9.17, 15) is 4.79 Å². The lowest BCUT2D eigenvalue weighted by Gasteiger charge is -2.24. The van der Waals surface area contributed by atoms with Crippen molar-refractivity contribution in [1.29, 1.82) is 0 Å². The number of hydrogen-bond donors (Lipinski definition) is 3. The molecule has 1 fully saturated rings. The van der Waals surface area contributed by atoms with Gasteiger partial charge in [0.25, 0.3) is 0 Å². The van der Waals surface area contributed by atoms with E-state index in [1.54, 1.807) is 7.05 Å². The van der Waals surface area contributed by atoms with Gasteiger partial charge < -0.3 is 16.0 Å². The molecule has 23 heavy (non-hydrogen) atoms. The maximum absolute atomic E-state index is 11.9. The lowest BCUT2D eigenvalue weighted by atomic mass is 9.96. The van der Waals surface area contributed by atoms with Crippen LogP contribution in [0.15, 0.2) is 35.3 Å². The van der Waals surface area contributed by atoms with E-state index in [1.165, 1.54) is 32.1 Å². The van der Waals surface area contributed by atoms with Crippen LogP contribution in [-0.2, 0) is 11.3 Å². The van der Waals surface area contributed by atoms with Crippen molar-refractivity contribution in [2.45, 2.75) is 51.1 Å². The average Bonchev–Trinajstić information content (AvgIpc) is 2.61. The molecule has 1 aliphatic rings. The number of amides is 1. The van der Waals surface area contributed by atoms with Gasteiger partial charge in [-0.2, -0.15) is 0 Å². The van der Waals surface area contributed by atoms with Gasteiger partial charge in [0.2, 0.25) is 5.91 Å². The molecular formula is C18H28N4O. The first-order chi connectivity index (χ1) is 11.3. The van der Waals surface area contributed by atoms with Gasteiger partial charge in [-0.05, 0) is 18.4 Å². The highest BCUT2D eigenvalue weighted by Crippen LogP contribution is 2.17. The summed E-state index contributed by atoms with van der Waals surface area (Å²) < 4.78 is 0. The highest BCUT2D eigenvalue weighted by Gasteiger charge is 2.14. The molecule has 5 heteroatoms. The third-order valence-electron chi connectivity index (χ3n) is 4.15. The Hall–Kier alpha value is -2.04. The van der Waals surface area contributed by atoms with Crippen LogP contribution < -0.4 is 16.0 Å². The van der Waals surface area contributed by atoms with E-state index in [2.05, 4.69) is 20.9 Å². The van der Waals surface area contributed by atoms with Gasteiger partial charge in [0.15, 0.2) is 5.96 Å². The SMILES string of the molecule is CN=C(NCCC(=O)NCc1ccccc1)NC1CCCCC1.